The molecule has 6 nitrogen and oxygen atoms in total. The number of rotatable bonds is 5. The van der Waals surface area contributed by atoms with Gasteiger partial charge in [0.1, 0.15) is 17.8 Å². The van der Waals surface area contributed by atoms with Crippen molar-refractivity contribution in [3.8, 4) is 0 Å². The Morgan fingerprint density at radius 2 is 1.48 bits per heavy atom. The first kappa shape index (κ1) is 14.6. The molecule has 0 radical (unpaired) electrons. The predicted molar refractivity (Wildman–Crippen MR) is 89.8 cm³/mol. The Hall–Kier alpha value is -3.35. The molecule has 0 fully saturated rings. The summed E-state index contributed by atoms with van der Waals surface area (Å²) in [5, 5.41) is 3.03. The number of halogens is 1. The summed E-state index contributed by atoms with van der Waals surface area (Å²) in [7, 11) is 0. The molecule has 7 heteroatoms. The van der Waals surface area contributed by atoms with Gasteiger partial charge in [0, 0.05) is 5.69 Å². The fourth-order valence-corrected chi connectivity index (χ4v) is 1.92. The van der Waals surface area contributed by atoms with Crippen LogP contribution in [0.15, 0.2) is 60.9 Å². The van der Waals surface area contributed by atoms with Gasteiger partial charge in [0.15, 0.2) is 11.6 Å². The molecule has 0 spiro atoms. The summed E-state index contributed by atoms with van der Waals surface area (Å²) in [6.45, 7) is 0. The van der Waals surface area contributed by atoms with Crippen molar-refractivity contribution in [3.63, 3.8) is 0 Å². The molecular formula is C16H15FN6. The molecule has 0 amide bonds. The van der Waals surface area contributed by atoms with Crippen molar-refractivity contribution < 1.29 is 4.39 Å². The van der Waals surface area contributed by atoms with Crippen molar-refractivity contribution in [1.29, 1.82) is 0 Å². The van der Waals surface area contributed by atoms with E-state index in [0.29, 0.717) is 23.0 Å². The number of hydrogen-bond acceptors (Lipinski definition) is 6. The van der Waals surface area contributed by atoms with Crippen LogP contribution in [0.4, 0.5) is 33.1 Å². The van der Waals surface area contributed by atoms with Gasteiger partial charge >= 0.3 is 0 Å². The normalized spacial score (nSPS) is 10.1. The van der Waals surface area contributed by atoms with E-state index in [1.807, 2.05) is 30.3 Å². The second kappa shape index (κ2) is 6.61. The van der Waals surface area contributed by atoms with Crippen molar-refractivity contribution in [2.45, 2.75) is 0 Å². The van der Waals surface area contributed by atoms with Crippen molar-refractivity contribution >= 4 is 28.7 Å². The van der Waals surface area contributed by atoms with Gasteiger partial charge < -0.3 is 11.1 Å². The fraction of sp³-hybridized carbons (Fsp3) is 0. The summed E-state index contributed by atoms with van der Waals surface area (Å²) in [6, 6.07) is 15.5. The molecule has 2 aromatic carbocycles. The molecule has 5 N–H and O–H groups in total. The van der Waals surface area contributed by atoms with Gasteiger partial charge in [-0.1, -0.05) is 18.2 Å². The highest BCUT2D eigenvalue weighted by atomic mass is 19.1. The monoisotopic (exact) mass is 310 g/mol. The van der Waals surface area contributed by atoms with E-state index >= 15 is 0 Å². The lowest BCUT2D eigenvalue weighted by atomic mass is 10.3. The van der Waals surface area contributed by atoms with E-state index in [1.54, 1.807) is 12.1 Å². The van der Waals surface area contributed by atoms with Crippen LogP contribution >= 0.6 is 0 Å². The van der Waals surface area contributed by atoms with Crippen LogP contribution in [0.2, 0.25) is 0 Å². The Morgan fingerprint density at radius 1 is 0.783 bits per heavy atom. The van der Waals surface area contributed by atoms with Crippen molar-refractivity contribution in [2.75, 3.05) is 21.9 Å². The second-order valence-corrected chi connectivity index (χ2v) is 4.73. The van der Waals surface area contributed by atoms with E-state index in [1.165, 1.54) is 18.5 Å². The predicted octanol–water partition coefficient (Wildman–Crippen LogP) is 3.38. The first-order valence-corrected chi connectivity index (χ1v) is 6.92. The van der Waals surface area contributed by atoms with E-state index in [2.05, 4.69) is 26.1 Å². The molecule has 0 atom stereocenters. The quantitative estimate of drug-likeness (QED) is 0.540. The molecule has 0 unspecified atom stereocenters. The Morgan fingerprint density at radius 3 is 2.22 bits per heavy atom. The SMILES string of the molecule is Nc1c(NNc2ccccc2)ncnc1Nc1ccc(F)cc1. The fourth-order valence-electron chi connectivity index (χ4n) is 1.92. The van der Waals surface area contributed by atoms with Gasteiger partial charge in [-0.25, -0.2) is 14.4 Å². The summed E-state index contributed by atoms with van der Waals surface area (Å²) in [5.41, 5.74) is 13.9. The average Bonchev–Trinajstić information content (AvgIpc) is 2.58. The number of nitrogens with zero attached hydrogens (tertiary/aromatic N) is 2. The highest BCUT2D eigenvalue weighted by Crippen LogP contribution is 2.25. The number of nitrogens with one attached hydrogen (secondary N) is 3. The van der Waals surface area contributed by atoms with Gasteiger partial charge in [-0.05, 0) is 36.4 Å². The van der Waals surface area contributed by atoms with Gasteiger partial charge in [0.2, 0.25) is 0 Å². The zero-order chi connectivity index (χ0) is 16.1. The first-order chi connectivity index (χ1) is 11.2. The second-order valence-electron chi connectivity index (χ2n) is 4.73. The minimum absolute atomic E-state index is 0.305. The Labute approximate surface area is 132 Å². The van der Waals surface area contributed by atoms with Crippen LogP contribution in [0.5, 0.6) is 0 Å². The Balaban J connectivity index is 1.74. The molecule has 0 saturated heterocycles. The summed E-state index contributed by atoms with van der Waals surface area (Å²) in [5.74, 6) is 0.568. The molecule has 3 aromatic rings. The Bertz CT molecular complexity index is 776. The molecule has 0 aliphatic heterocycles. The zero-order valence-corrected chi connectivity index (χ0v) is 12.1. The maximum absolute atomic E-state index is 12.9. The summed E-state index contributed by atoms with van der Waals surface area (Å²) >= 11 is 0. The molecule has 3 rings (SSSR count). The number of nitrogens with two attached hydrogens (primary N) is 1. The minimum atomic E-state index is -0.305. The molecule has 23 heavy (non-hydrogen) atoms. The summed E-state index contributed by atoms with van der Waals surface area (Å²) in [4.78, 5) is 8.20. The van der Waals surface area contributed by atoms with Crippen LogP contribution in [-0.4, -0.2) is 9.97 Å². The highest BCUT2D eigenvalue weighted by Gasteiger charge is 2.08. The third kappa shape index (κ3) is 3.65. The number of hydrazine groups is 1. The third-order valence-corrected chi connectivity index (χ3v) is 3.09. The molecular weight excluding hydrogens is 295 g/mol. The molecule has 0 aliphatic rings. The molecule has 0 aliphatic carbocycles. The topological polar surface area (TPSA) is 87.9 Å². The zero-order valence-electron chi connectivity index (χ0n) is 12.1. The average molecular weight is 310 g/mol. The van der Waals surface area contributed by atoms with Gasteiger partial charge in [-0.15, -0.1) is 0 Å². The van der Waals surface area contributed by atoms with Crippen molar-refractivity contribution in [3.05, 3.63) is 66.7 Å². The summed E-state index contributed by atoms with van der Waals surface area (Å²) < 4.78 is 12.9. The van der Waals surface area contributed by atoms with Crippen LogP contribution in [0, 0.1) is 5.82 Å². The molecule has 0 bridgehead atoms. The number of aromatic nitrogens is 2. The lowest BCUT2D eigenvalue weighted by Crippen LogP contribution is -2.13. The molecule has 1 heterocycles. The molecule has 0 saturated carbocycles. The smallest absolute Gasteiger partial charge is 0.173 e. The number of hydrogen-bond donors (Lipinski definition) is 4. The van der Waals surface area contributed by atoms with Gasteiger partial charge in [-0.3, -0.25) is 10.9 Å². The number of benzene rings is 2. The maximum Gasteiger partial charge on any atom is 0.173 e. The maximum atomic E-state index is 12.9. The lowest BCUT2D eigenvalue weighted by Gasteiger charge is -2.13. The lowest BCUT2D eigenvalue weighted by molar-refractivity contribution is 0.628. The van der Waals surface area contributed by atoms with Crippen LogP contribution in [-0.2, 0) is 0 Å². The van der Waals surface area contributed by atoms with Gasteiger partial charge in [-0.2, -0.15) is 0 Å². The summed E-state index contributed by atoms with van der Waals surface area (Å²) in [6.07, 6.45) is 1.39. The number of anilines is 5. The van der Waals surface area contributed by atoms with Gasteiger partial charge in [0.25, 0.3) is 0 Å². The van der Waals surface area contributed by atoms with E-state index in [-0.39, 0.29) is 5.82 Å². The Kier molecular flexibility index (Phi) is 4.19. The number of nitrogen functional groups attached to an aromatic ring is 1. The first-order valence-electron chi connectivity index (χ1n) is 6.92. The number of para-hydroxylation sites is 1. The van der Waals surface area contributed by atoms with Crippen LogP contribution in [0.1, 0.15) is 0 Å². The highest BCUT2D eigenvalue weighted by molar-refractivity contribution is 5.78. The third-order valence-electron chi connectivity index (χ3n) is 3.09. The van der Waals surface area contributed by atoms with Crippen LogP contribution in [0.3, 0.4) is 0 Å². The van der Waals surface area contributed by atoms with Crippen molar-refractivity contribution in [1.82, 2.24) is 9.97 Å². The standard InChI is InChI=1S/C16H15FN6/c17-11-6-8-12(9-7-11)21-15-14(18)16(20-10-19-15)23-22-13-4-2-1-3-5-13/h1-10,22H,18H2,(H2,19,20,21,23). The van der Waals surface area contributed by atoms with Crippen LogP contribution in [0.25, 0.3) is 0 Å². The molecule has 1 aromatic heterocycles. The van der Waals surface area contributed by atoms with Crippen LogP contribution < -0.4 is 21.9 Å². The van der Waals surface area contributed by atoms with E-state index in [9.17, 15) is 4.39 Å². The van der Waals surface area contributed by atoms with Crippen molar-refractivity contribution in [2.24, 2.45) is 0 Å². The largest absolute Gasteiger partial charge is 0.393 e. The van der Waals surface area contributed by atoms with Gasteiger partial charge in [0.05, 0.1) is 5.69 Å². The van der Waals surface area contributed by atoms with E-state index in [4.69, 9.17) is 5.73 Å². The molecule has 116 valence electrons. The van der Waals surface area contributed by atoms with E-state index < -0.39 is 0 Å². The minimum Gasteiger partial charge on any atom is -0.393 e. The van der Waals surface area contributed by atoms with E-state index in [0.717, 1.165) is 5.69 Å².